The minimum Gasteiger partial charge on any atom is -0.495 e. The molecule has 29 heavy (non-hydrogen) atoms. The van der Waals surface area contributed by atoms with E-state index in [0.29, 0.717) is 22.8 Å². The largest absolute Gasteiger partial charge is 0.495 e. The predicted octanol–water partition coefficient (Wildman–Crippen LogP) is 4.33. The third-order valence-corrected chi connectivity index (χ3v) is 4.33. The Kier molecular flexibility index (Phi) is 5.03. The van der Waals surface area contributed by atoms with Crippen molar-refractivity contribution in [3.8, 4) is 22.7 Å². The number of anilines is 1. The molecule has 2 aromatic heterocycles. The van der Waals surface area contributed by atoms with Gasteiger partial charge in [-0.05, 0) is 54.6 Å². The molecule has 1 N–H and O–H groups in total. The van der Waals surface area contributed by atoms with Crippen LogP contribution >= 0.6 is 0 Å². The molecule has 2 heterocycles. The van der Waals surface area contributed by atoms with Crippen molar-refractivity contribution < 1.29 is 13.9 Å². The maximum Gasteiger partial charge on any atom is 0.276 e. The Morgan fingerprint density at radius 3 is 2.59 bits per heavy atom. The van der Waals surface area contributed by atoms with Crippen LogP contribution in [0.15, 0.2) is 79.1 Å². The molecule has 2 aromatic carbocycles. The van der Waals surface area contributed by atoms with Gasteiger partial charge in [-0.2, -0.15) is 5.10 Å². The zero-order valence-electron chi connectivity index (χ0n) is 15.5. The van der Waals surface area contributed by atoms with E-state index in [4.69, 9.17) is 4.74 Å². The molecular formula is C22H17FN4O2. The number of methoxy groups -OCH3 is 1. The van der Waals surface area contributed by atoms with Crippen molar-refractivity contribution in [2.75, 3.05) is 12.4 Å². The number of aromatic nitrogens is 3. The van der Waals surface area contributed by atoms with Gasteiger partial charge in [0.05, 0.1) is 24.2 Å². The van der Waals surface area contributed by atoms with Crippen LogP contribution in [0.3, 0.4) is 0 Å². The van der Waals surface area contributed by atoms with Gasteiger partial charge in [0, 0.05) is 18.0 Å². The molecule has 7 heteroatoms. The topological polar surface area (TPSA) is 69.0 Å². The van der Waals surface area contributed by atoms with Crippen LogP contribution in [0.1, 0.15) is 10.5 Å². The van der Waals surface area contributed by atoms with Gasteiger partial charge in [0.2, 0.25) is 0 Å². The zero-order chi connectivity index (χ0) is 20.2. The molecule has 0 bridgehead atoms. The molecule has 0 saturated carbocycles. The number of rotatable bonds is 5. The Hall–Kier alpha value is -4.00. The summed E-state index contributed by atoms with van der Waals surface area (Å²) in [6, 6.07) is 18.4. The number of para-hydroxylation sites is 2. The molecule has 4 rings (SSSR count). The Morgan fingerprint density at radius 1 is 1.07 bits per heavy atom. The average Bonchev–Trinajstić information content (AvgIpc) is 3.21. The van der Waals surface area contributed by atoms with Crippen LogP contribution in [0.5, 0.6) is 5.75 Å². The number of carbonyl (C=O) groups is 1. The van der Waals surface area contributed by atoms with E-state index < -0.39 is 0 Å². The maximum atomic E-state index is 13.4. The number of benzene rings is 2. The van der Waals surface area contributed by atoms with Crippen LogP contribution in [-0.4, -0.2) is 27.8 Å². The monoisotopic (exact) mass is 388 g/mol. The molecule has 0 atom stereocenters. The Morgan fingerprint density at radius 2 is 1.86 bits per heavy atom. The minimum absolute atomic E-state index is 0.207. The lowest BCUT2D eigenvalue weighted by atomic mass is 10.2. The van der Waals surface area contributed by atoms with E-state index in [9.17, 15) is 9.18 Å². The Bertz CT molecular complexity index is 1140. The summed E-state index contributed by atoms with van der Waals surface area (Å²) in [5.74, 6) is -0.190. The number of hydrogen-bond donors (Lipinski definition) is 1. The molecule has 6 nitrogen and oxygen atoms in total. The van der Waals surface area contributed by atoms with Crippen LogP contribution in [-0.2, 0) is 0 Å². The third kappa shape index (κ3) is 3.84. The number of ether oxygens (including phenoxy) is 1. The first-order valence-electron chi connectivity index (χ1n) is 8.86. The first kappa shape index (κ1) is 18.4. The van der Waals surface area contributed by atoms with Crippen molar-refractivity contribution in [2.45, 2.75) is 0 Å². The van der Waals surface area contributed by atoms with Crippen LogP contribution < -0.4 is 10.1 Å². The maximum absolute atomic E-state index is 13.4. The molecule has 0 unspecified atom stereocenters. The van der Waals surface area contributed by atoms with Gasteiger partial charge < -0.3 is 10.1 Å². The number of carbonyl (C=O) groups excluding carboxylic acids is 1. The van der Waals surface area contributed by atoms with Gasteiger partial charge >= 0.3 is 0 Å². The normalized spacial score (nSPS) is 10.6. The standard InChI is InChI=1S/C22H17FN4O2/c1-29-21-7-3-2-6-18(21)25-22(28)19-13-20(15-5-4-12-24-14-15)27(26-19)17-10-8-16(23)9-11-17/h2-14H,1H3,(H,25,28). The lowest BCUT2D eigenvalue weighted by molar-refractivity contribution is 0.102. The van der Waals surface area contributed by atoms with E-state index in [1.807, 2.05) is 12.1 Å². The van der Waals surface area contributed by atoms with Crippen LogP contribution in [0.2, 0.25) is 0 Å². The molecule has 0 spiro atoms. The molecular weight excluding hydrogens is 371 g/mol. The molecule has 1 amide bonds. The first-order chi connectivity index (χ1) is 14.2. The molecule has 0 aliphatic heterocycles. The van der Waals surface area contributed by atoms with Gasteiger partial charge in [-0.1, -0.05) is 12.1 Å². The fraction of sp³-hybridized carbons (Fsp3) is 0.0455. The summed E-state index contributed by atoms with van der Waals surface area (Å²) < 4.78 is 20.2. The van der Waals surface area contributed by atoms with E-state index in [0.717, 1.165) is 5.56 Å². The highest BCUT2D eigenvalue weighted by Crippen LogP contribution is 2.26. The fourth-order valence-corrected chi connectivity index (χ4v) is 2.93. The summed E-state index contributed by atoms with van der Waals surface area (Å²) in [4.78, 5) is 17.0. The molecule has 0 fully saturated rings. The van der Waals surface area contributed by atoms with Crippen molar-refractivity contribution in [2.24, 2.45) is 0 Å². The average molecular weight is 388 g/mol. The zero-order valence-corrected chi connectivity index (χ0v) is 15.5. The number of nitrogens with zero attached hydrogens (tertiary/aromatic N) is 3. The summed E-state index contributed by atoms with van der Waals surface area (Å²) in [7, 11) is 1.54. The van der Waals surface area contributed by atoms with Crippen molar-refractivity contribution in [1.29, 1.82) is 0 Å². The van der Waals surface area contributed by atoms with Crippen LogP contribution in [0.25, 0.3) is 16.9 Å². The fourth-order valence-electron chi connectivity index (χ4n) is 2.93. The number of pyridine rings is 1. The van der Waals surface area contributed by atoms with E-state index >= 15 is 0 Å². The summed E-state index contributed by atoms with van der Waals surface area (Å²) in [6.07, 6.45) is 3.34. The summed E-state index contributed by atoms with van der Waals surface area (Å²) in [5, 5.41) is 7.27. The number of nitrogens with one attached hydrogen (secondary N) is 1. The second-order valence-electron chi connectivity index (χ2n) is 6.20. The number of halogens is 1. The second-order valence-corrected chi connectivity index (χ2v) is 6.20. The summed E-state index contributed by atoms with van der Waals surface area (Å²) >= 11 is 0. The van der Waals surface area contributed by atoms with E-state index in [2.05, 4.69) is 15.4 Å². The SMILES string of the molecule is COc1ccccc1NC(=O)c1cc(-c2cccnc2)n(-c2ccc(F)cc2)n1. The highest BCUT2D eigenvalue weighted by Gasteiger charge is 2.18. The Labute approximate surface area is 166 Å². The van der Waals surface area contributed by atoms with Gasteiger partial charge in [-0.15, -0.1) is 0 Å². The lowest BCUT2D eigenvalue weighted by Crippen LogP contribution is -2.13. The lowest BCUT2D eigenvalue weighted by Gasteiger charge is -2.08. The molecule has 4 aromatic rings. The highest BCUT2D eigenvalue weighted by atomic mass is 19.1. The molecule has 0 aliphatic rings. The smallest absolute Gasteiger partial charge is 0.276 e. The van der Waals surface area contributed by atoms with E-state index in [1.54, 1.807) is 59.5 Å². The van der Waals surface area contributed by atoms with Gasteiger partial charge in [-0.25, -0.2) is 9.07 Å². The van der Waals surface area contributed by atoms with Crippen molar-refractivity contribution in [3.63, 3.8) is 0 Å². The van der Waals surface area contributed by atoms with E-state index in [-0.39, 0.29) is 17.4 Å². The van der Waals surface area contributed by atoms with Gasteiger partial charge in [0.25, 0.3) is 5.91 Å². The van der Waals surface area contributed by atoms with Gasteiger partial charge in [-0.3, -0.25) is 9.78 Å². The number of amides is 1. The van der Waals surface area contributed by atoms with E-state index in [1.165, 1.54) is 19.2 Å². The van der Waals surface area contributed by atoms with Crippen LogP contribution in [0.4, 0.5) is 10.1 Å². The minimum atomic E-state index is -0.388. The van der Waals surface area contributed by atoms with Gasteiger partial charge in [0.15, 0.2) is 5.69 Å². The van der Waals surface area contributed by atoms with Crippen molar-refractivity contribution in [1.82, 2.24) is 14.8 Å². The molecule has 0 aliphatic carbocycles. The van der Waals surface area contributed by atoms with Crippen molar-refractivity contribution >= 4 is 11.6 Å². The summed E-state index contributed by atoms with van der Waals surface area (Å²) in [6.45, 7) is 0. The quantitative estimate of drug-likeness (QED) is 0.552. The third-order valence-electron chi connectivity index (χ3n) is 4.33. The van der Waals surface area contributed by atoms with Gasteiger partial charge in [0.1, 0.15) is 11.6 Å². The second kappa shape index (κ2) is 7.93. The Balaban J connectivity index is 1.74. The number of hydrogen-bond acceptors (Lipinski definition) is 4. The van der Waals surface area contributed by atoms with Crippen molar-refractivity contribution in [3.05, 3.63) is 90.6 Å². The molecule has 144 valence electrons. The first-order valence-corrected chi connectivity index (χ1v) is 8.86. The molecule has 0 saturated heterocycles. The molecule has 0 radical (unpaired) electrons. The van der Waals surface area contributed by atoms with Crippen LogP contribution in [0, 0.1) is 5.82 Å². The summed E-state index contributed by atoms with van der Waals surface area (Å²) in [5.41, 5.74) is 2.82. The highest BCUT2D eigenvalue weighted by molar-refractivity contribution is 6.04. The predicted molar refractivity (Wildman–Crippen MR) is 108 cm³/mol.